The molecule has 0 aromatic heterocycles. The normalized spacial score (nSPS) is 17.5. The van der Waals surface area contributed by atoms with Crippen LogP contribution in [0.3, 0.4) is 0 Å². The van der Waals surface area contributed by atoms with Gasteiger partial charge >= 0.3 is 15.6 Å². The van der Waals surface area contributed by atoms with Crippen LogP contribution in [-0.2, 0) is 32.1 Å². The van der Waals surface area contributed by atoms with E-state index in [1.165, 1.54) is 4.90 Å². The van der Waals surface area contributed by atoms with Crippen LogP contribution in [0.25, 0.3) is 0 Å². The van der Waals surface area contributed by atoms with Crippen LogP contribution in [-0.4, -0.2) is 30.8 Å². The van der Waals surface area contributed by atoms with E-state index in [1.807, 2.05) is 18.2 Å². The molecule has 0 spiro atoms. The smallest absolute Gasteiger partial charge is 0.370 e. The van der Waals surface area contributed by atoms with E-state index in [0.29, 0.717) is 6.42 Å². The molecule has 2 aromatic carbocycles. The van der Waals surface area contributed by atoms with Crippen molar-refractivity contribution in [1.29, 1.82) is 0 Å². The molecule has 28 heavy (non-hydrogen) atoms. The van der Waals surface area contributed by atoms with Gasteiger partial charge in [-0.2, -0.15) is 21.6 Å². The molecule has 0 N–H and O–H groups in total. The fourth-order valence-electron chi connectivity index (χ4n) is 2.85. The Balaban J connectivity index is 1.88. The zero-order chi connectivity index (χ0) is 20.4. The third kappa shape index (κ3) is 4.36. The number of alkyl halides is 3. The summed E-state index contributed by atoms with van der Waals surface area (Å²) >= 11 is 0. The molecule has 3 rings (SSSR count). The van der Waals surface area contributed by atoms with Crippen molar-refractivity contribution in [3.63, 3.8) is 0 Å². The Morgan fingerprint density at radius 3 is 2.00 bits per heavy atom. The maximum absolute atomic E-state index is 12.6. The molecule has 0 bridgehead atoms. The van der Waals surface area contributed by atoms with Crippen molar-refractivity contribution in [2.75, 3.05) is 0 Å². The Bertz CT molecular complexity index is 973. The Labute approximate surface area is 160 Å². The lowest BCUT2D eigenvalue weighted by Crippen LogP contribution is -2.36. The Kier molecular flexibility index (Phi) is 5.46. The summed E-state index contributed by atoms with van der Waals surface area (Å²) in [6, 6.07) is 17.2. The zero-order valence-corrected chi connectivity index (χ0v) is 15.3. The highest BCUT2D eigenvalue weighted by Gasteiger charge is 2.50. The summed E-state index contributed by atoms with van der Waals surface area (Å²) in [6.45, 7) is 0.104. The summed E-state index contributed by atoms with van der Waals surface area (Å²) in [7, 11) is -5.92. The minimum atomic E-state index is -5.92. The van der Waals surface area contributed by atoms with Crippen LogP contribution >= 0.6 is 0 Å². The van der Waals surface area contributed by atoms with Crippen LogP contribution in [0.4, 0.5) is 13.2 Å². The van der Waals surface area contributed by atoms with Gasteiger partial charge in [-0.25, -0.2) is 0 Å². The summed E-state index contributed by atoms with van der Waals surface area (Å²) in [6.07, 6.45) is 1.43. The molecule has 1 amide bonds. The van der Waals surface area contributed by atoms with Gasteiger partial charge in [-0.3, -0.25) is 4.79 Å². The molecule has 148 valence electrons. The minimum absolute atomic E-state index is 0.104. The lowest BCUT2D eigenvalue weighted by molar-refractivity contribution is -0.129. The molecule has 2 aromatic rings. The van der Waals surface area contributed by atoms with Gasteiger partial charge in [0.25, 0.3) is 5.91 Å². The van der Waals surface area contributed by atoms with Crippen molar-refractivity contribution in [3.05, 3.63) is 83.6 Å². The molecular weight excluding hydrogens is 395 g/mol. The highest BCUT2D eigenvalue weighted by molar-refractivity contribution is 7.87. The van der Waals surface area contributed by atoms with Gasteiger partial charge < -0.3 is 9.08 Å². The molecule has 0 saturated heterocycles. The predicted octanol–water partition coefficient (Wildman–Crippen LogP) is 3.39. The van der Waals surface area contributed by atoms with E-state index in [1.54, 1.807) is 42.5 Å². The second-order valence-corrected chi connectivity index (χ2v) is 7.73. The molecule has 0 saturated carbocycles. The van der Waals surface area contributed by atoms with Gasteiger partial charge in [0.05, 0.1) is 6.04 Å². The topological polar surface area (TPSA) is 63.7 Å². The standard InChI is InChI=1S/C19H16F3NO4S/c20-19(21,22)28(25,26)27-17-12-16(11-14-7-3-1-4-8-14)23(18(17)24)13-15-9-5-2-6-10-15/h1-10,12,16H,11,13H2/t16-/m0/s1. The minimum Gasteiger partial charge on any atom is -0.370 e. The monoisotopic (exact) mass is 411 g/mol. The average Bonchev–Trinajstić information content (AvgIpc) is 2.91. The van der Waals surface area contributed by atoms with Crippen molar-refractivity contribution >= 4 is 16.0 Å². The van der Waals surface area contributed by atoms with Crippen molar-refractivity contribution in [1.82, 2.24) is 4.90 Å². The molecular formula is C19H16F3NO4S. The molecule has 0 aliphatic carbocycles. The van der Waals surface area contributed by atoms with E-state index in [2.05, 4.69) is 4.18 Å². The Morgan fingerprint density at radius 1 is 0.929 bits per heavy atom. The molecule has 1 aliphatic rings. The maximum atomic E-state index is 12.6. The van der Waals surface area contributed by atoms with Crippen molar-refractivity contribution in [3.8, 4) is 0 Å². The summed E-state index contributed by atoms with van der Waals surface area (Å²) < 4.78 is 64.7. The Morgan fingerprint density at radius 2 is 1.46 bits per heavy atom. The van der Waals surface area contributed by atoms with Crippen LogP contribution in [0.5, 0.6) is 0 Å². The van der Waals surface area contributed by atoms with E-state index in [0.717, 1.165) is 17.2 Å². The number of nitrogens with zero attached hydrogens (tertiary/aromatic N) is 1. The molecule has 1 heterocycles. The highest BCUT2D eigenvalue weighted by atomic mass is 32.2. The fraction of sp³-hybridized carbons (Fsp3) is 0.211. The van der Waals surface area contributed by atoms with Crippen LogP contribution in [0.1, 0.15) is 11.1 Å². The number of carbonyl (C=O) groups is 1. The predicted molar refractivity (Wildman–Crippen MR) is 95.1 cm³/mol. The SMILES string of the molecule is O=C1C(OS(=O)(=O)C(F)(F)F)=C[C@H](Cc2ccccc2)N1Cc1ccccc1. The van der Waals surface area contributed by atoms with E-state index in [4.69, 9.17) is 0 Å². The first kappa shape index (κ1) is 19.9. The van der Waals surface area contributed by atoms with E-state index >= 15 is 0 Å². The lowest BCUT2D eigenvalue weighted by Gasteiger charge is -2.24. The van der Waals surface area contributed by atoms with Gasteiger partial charge in [-0.05, 0) is 23.6 Å². The van der Waals surface area contributed by atoms with Gasteiger partial charge in [0.2, 0.25) is 5.76 Å². The third-order valence-corrected chi connectivity index (χ3v) is 5.15. The van der Waals surface area contributed by atoms with Gasteiger partial charge in [-0.15, -0.1) is 0 Å². The van der Waals surface area contributed by atoms with Crippen LogP contribution in [0.2, 0.25) is 0 Å². The number of hydrogen-bond donors (Lipinski definition) is 0. The fourth-order valence-corrected chi connectivity index (χ4v) is 3.31. The largest absolute Gasteiger partial charge is 0.534 e. The third-order valence-electron chi connectivity index (χ3n) is 4.18. The lowest BCUT2D eigenvalue weighted by atomic mass is 10.1. The van der Waals surface area contributed by atoms with Gasteiger partial charge in [0.1, 0.15) is 0 Å². The van der Waals surface area contributed by atoms with Gasteiger partial charge in [0, 0.05) is 6.54 Å². The molecule has 1 aliphatic heterocycles. The first-order valence-corrected chi connectivity index (χ1v) is 9.69. The number of amides is 1. The number of rotatable bonds is 6. The number of carbonyl (C=O) groups excluding carboxylic acids is 1. The molecule has 5 nitrogen and oxygen atoms in total. The van der Waals surface area contributed by atoms with Crippen molar-refractivity contribution < 1.29 is 30.6 Å². The average molecular weight is 411 g/mol. The maximum Gasteiger partial charge on any atom is 0.534 e. The summed E-state index contributed by atoms with van der Waals surface area (Å²) in [4.78, 5) is 13.9. The van der Waals surface area contributed by atoms with Crippen LogP contribution < -0.4 is 0 Å². The van der Waals surface area contributed by atoms with Gasteiger partial charge in [0.15, 0.2) is 0 Å². The van der Waals surface area contributed by atoms with Crippen LogP contribution in [0, 0.1) is 0 Å². The summed E-state index contributed by atoms with van der Waals surface area (Å²) in [5.41, 5.74) is -4.02. The van der Waals surface area contributed by atoms with Gasteiger partial charge in [-0.1, -0.05) is 60.7 Å². The van der Waals surface area contributed by atoms with E-state index in [9.17, 15) is 26.4 Å². The van der Waals surface area contributed by atoms with Crippen molar-refractivity contribution in [2.24, 2.45) is 0 Å². The van der Waals surface area contributed by atoms with E-state index < -0.39 is 33.3 Å². The Hall–Kier alpha value is -2.81. The number of hydrogen-bond acceptors (Lipinski definition) is 4. The summed E-state index contributed by atoms with van der Waals surface area (Å²) in [5.74, 6) is -1.74. The molecule has 0 radical (unpaired) electrons. The number of benzene rings is 2. The first-order valence-electron chi connectivity index (χ1n) is 8.29. The van der Waals surface area contributed by atoms with Crippen molar-refractivity contribution in [2.45, 2.75) is 24.5 Å². The first-order chi connectivity index (χ1) is 13.2. The molecule has 9 heteroatoms. The number of halogens is 3. The zero-order valence-electron chi connectivity index (χ0n) is 14.5. The summed E-state index contributed by atoms with van der Waals surface area (Å²) in [5, 5.41) is 0. The second kappa shape index (κ2) is 7.67. The van der Waals surface area contributed by atoms with Crippen LogP contribution in [0.15, 0.2) is 72.5 Å². The second-order valence-electron chi connectivity index (χ2n) is 6.19. The quantitative estimate of drug-likeness (QED) is 0.540. The molecule has 0 unspecified atom stereocenters. The molecule has 1 atom stereocenters. The molecule has 0 fully saturated rings. The van der Waals surface area contributed by atoms with E-state index in [-0.39, 0.29) is 6.54 Å². The highest BCUT2D eigenvalue weighted by Crippen LogP contribution is 2.31.